The molecule has 0 aliphatic carbocycles. The highest BCUT2D eigenvalue weighted by Gasteiger charge is 2.28. The summed E-state index contributed by atoms with van der Waals surface area (Å²) < 4.78 is 27.1. The fourth-order valence-corrected chi connectivity index (χ4v) is 3.78. The molecule has 0 unspecified atom stereocenters. The van der Waals surface area contributed by atoms with Crippen molar-refractivity contribution in [3.05, 3.63) is 35.4 Å². The average molecular weight is 307 g/mol. The lowest BCUT2D eigenvalue weighted by atomic mass is 9.81. The van der Waals surface area contributed by atoms with Crippen LogP contribution in [0.5, 0.6) is 0 Å². The van der Waals surface area contributed by atoms with Gasteiger partial charge in [0.25, 0.3) is 0 Å². The monoisotopic (exact) mass is 307 g/mol. The highest BCUT2D eigenvalue weighted by Crippen LogP contribution is 2.27. The Morgan fingerprint density at radius 2 is 2.10 bits per heavy atom. The standard InChI is InChI=1S/C15H21N3O2S/c1-15(5-7-17-8-6-15)12-18-21(19,20)11-14-4-2-3-13(9-14)10-16/h2-4,9,17-18H,5-8,11-12H2,1H3. The zero-order chi connectivity index (χ0) is 15.3. The molecule has 1 saturated heterocycles. The topological polar surface area (TPSA) is 82.0 Å². The summed E-state index contributed by atoms with van der Waals surface area (Å²) in [5.74, 6) is -0.0865. The lowest BCUT2D eigenvalue weighted by Crippen LogP contribution is -2.43. The molecule has 0 radical (unpaired) electrons. The first-order chi connectivity index (χ1) is 9.92. The molecule has 0 saturated carbocycles. The molecule has 1 aliphatic rings. The Bertz CT molecular complexity index is 629. The Balaban J connectivity index is 1.97. The van der Waals surface area contributed by atoms with E-state index in [1.54, 1.807) is 24.3 Å². The number of hydrogen-bond acceptors (Lipinski definition) is 4. The van der Waals surface area contributed by atoms with Gasteiger partial charge in [-0.25, -0.2) is 13.1 Å². The normalized spacial score (nSPS) is 18.1. The molecule has 0 atom stereocenters. The van der Waals surface area contributed by atoms with Crippen LogP contribution in [0.1, 0.15) is 30.9 Å². The minimum absolute atomic E-state index is 0.0207. The van der Waals surface area contributed by atoms with Crippen molar-refractivity contribution in [3.8, 4) is 6.07 Å². The smallest absolute Gasteiger partial charge is 0.215 e. The molecule has 1 heterocycles. The van der Waals surface area contributed by atoms with Crippen LogP contribution in [0.25, 0.3) is 0 Å². The summed E-state index contributed by atoms with van der Waals surface area (Å²) in [5, 5.41) is 12.1. The highest BCUT2D eigenvalue weighted by atomic mass is 32.2. The Hall–Kier alpha value is -1.42. The van der Waals surface area contributed by atoms with E-state index in [9.17, 15) is 8.42 Å². The second-order valence-electron chi connectivity index (χ2n) is 5.95. The maximum atomic E-state index is 12.2. The molecule has 0 bridgehead atoms. The molecule has 0 amide bonds. The van der Waals surface area contributed by atoms with Crippen LogP contribution in [0, 0.1) is 16.7 Å². The summed E-state index contributed by atoms with van der Waals surface area (Å²) in [6.45, 7) is 4.45. The van der Waals surface area contributed by atoms with E-state index in [0.717, 1.165) is 25.9 Å². The number of sulfonamides is 1. The lowest BCUT2D eigenvalue weighted by Gasteiger charge is -2.34. The third-order valence-corrected chi connectivity index (χ3v) is 5.24. The first kappa shape index (κ1) is 16.0. The largest absolute Gasteiger partial charge is 0.317 e. The van der Waals surface area contributed by atoms with Crippen molar-refractivity contribution in [3.63, 3.8) is 0 Å². The lowest BCUT2D eigenvalue weighted by molar-refractivity contribution is 0.232. The van der Waals surface area contributed by atoms with Gasteiger partial charge in [0.15, 0.2) is 0 Å². The highest BCUT2D eigenvalue weighted by molar-refractivity contribution is 7.88. The number of piperidine rings is 1. The van der Waals surface area contributed by atoms with E-state index in [-0.39, 0.29) is 11.2 Å². The molecule has 114 valence electrons. The van der Waals surface area contributed by atoms with E-state index in [0.29, 0.717) is 17.7 Å². The molecule has 1 aromatic carbocycles. The van der Waals surface area contributed by atoms with Gasteiger partial charge in [-0.1, -0.05) is 19.1 Å². The zero-order valence-electron chi connectivity index (χ0n) is 12.2. The summed E-state index contributed by atoms with van der Waals surface area (Å²) in [6, 6.07) is 8.74. The van der Waals surface area contributed by atoms with Crippen LogP contribution >= 0.6 is 0 Å². The van der Waals surface area contributed by atoms with Crippen LogP contribution in [0.4, 0.5) is 0 Å². The van der Waals surface area contributed by atoms with Crippen LogP contribution < -0.4 is 10.0 Å². The second kappa shape index (κ2) is 6.56. The summed E-state index contributed by atoms with van der Waals surface area (Å²) in [7, 11) is -3.38. The van der Waals surface area contributed by atoms with Gasteiger partial charge in [0.05, 0.1) is 17.4 Å². The number of hydrogen-bond donors (Lipinski definition) is 2. The number of benzene rings is 1. The van der Waals surface area contributed by atoms with Gasteiger partial charge in [-0.3, -0.25) is 0 Å². The van der Waals surface area contributed by atoms with E-state index >= 15 is 0 Å². The predicted octanol–water partition coefficient (Wildman–Crippen LogP) is 1.37. The molecule has 1 aromatic rings. The van der Waals surface area contributed by atoms with Crippen molar-refractivity contribution in [2.45, 2.75) is 25.5 Å². The molecule has 0 spiro atoms. The minimum Gasteiger partial charge on any atom is -0.317 e. The van der Waals surface area contributed by atoms with Crippen molar-refractivity contribution in [1.82, 2.24) is 10.0 Å². The van der Waals surface area contributed by atoms with Crippen LogP contribution in [-0.4, -0.2) is 28.1 Å². The van der Waals surface area contributed by atoms with Crippen LogP contribution in [0.15, 0.2) is 24.3 Å². The Kier molecular flexibility index (Phi) is 4.99. The summed E-state index contributed by atoms with van der Waals surface area (Å²) >= 11 is 0. The number of nitrogens with zero attached hydrogens (tertiary/aromatic N) is 1. The van der Waals surface area contributed by atoms with Gasteiger partial charge in [0, 0.05) is 6.54 Å². The van der Waals surface area contributed by atoms with Crippen molar-refractivity contribution >= 4 is 10.0 Å². The maximum Gasteiger partial charge on any atom is 0.215 e. The molecule has 21 heavy (non-hydrogen) atoms. The van der Waals surface area contributed by atoms with E-state index in [2.05, 4.69) is 17.0 Å². The summed E-state index contributed by atoms with van der Waals surface area (Å²) in [5.41, 5.74) is 1.14. The molecule has 2 rings (SSSR count). The van der Waals surface area contributed by atoms with E-state index < -0.39 is 10.0 Å². The minimum atomic E-state index is -3.38. The second-order valence-corrected chi connectivity index (χ2v) is 7.76. The van der Waals surface area contributed by atoms with E-state index in [4.69, 9.17) is 5.26 Å². The first-order valence-electron chi connectivity index (χ1n) is 7.10. The molecule has 1 aliphatic heterocycles. The molecular formula is C15H21N3O2S. The van der Waals surface area contributed by atoms with Crippen LogP contribution in [0.2, 0.25) is 0 Å². The van der Waals surface area contributed by atoms with Gasteiger partial charge < -0.3 is 5.32 Å². The SMILES string of the molecule is CC1(CNS(=O)(=O)Cc2cccc(C#N)c2)CCNCC1. The van der Waals surface area contributed by atoms with Crippen molar-refractivity contribution < 1.29 is 8.42 Å². The molecule has 2 N–H and O–H groups in total. The molecule has 5 nitrogen and oxygen atoms in total. The fourth-order valence-electron chi connectivity index (χ4n) is 2.49. The van der Waals surface area contributed by atoms with Crippen molar-refractivity contribution in [2.24, 2.45) is 5.41 Å². The van der Waals surface area contributed by atoms with Gasteiger partial charge in [-0.2, -0.15) is 5.26 Å². The van der Waals surface area contributed by atoms with Crippen molar-refractivity contribution in [1.29, 1.82) is 5.26 Å². The van der Waals surface area contributed by atoms with Crippen LogP contribution in [-0.2, 0) is 15.8 Å². The third kappa shape index (κ3) is 4.81. The van der Waals surface area contributed by atoms with Gasteiger partial charge >= 0.3 is 0 Å². The van der Waals surface area contributed by atoms with Gasteiger partial charge in [-0.05, 0) is 49.0 Å². The first-order valence-corrected chi connectivity index (χ1v) is 8.75. The third-order valence-electron chi connectivity index (χ3n) is 3.94. The van der Waals surface area contributed by atoms with Gasteiger partial charge in [0.1, 0.15) is 0 Å². The molecule has 0 aromatic heterocycles. The predicted molar refractivity (Wildman–Crippen MR) is 82.0 cm³/mol. The molecule has 6 heteroatoms. The Labute approximate surface area is 126 Å². The number of nitriles is 1. The Morgan fingerprint density at radius 3 is 2.76 bits per heavy atom. The van der Waals surface area contributed by atoms with E-state index in [1.165, 1.54) is 0 Å². The quantitative estimate of drug-likeness (QED) is 0.860. The number of rotatable bonds is 5. The van der Waals surface area contributed by atoms with Crippen molar-refractivity contribution in [2.75, 3.05) is 19.6 Å². The summed E-state index contributed by atoms with van der Waals surface area (Å²) in [6.07, 6.45) is 1.94. The van der Waals surface area contributed by atoms with Gasteiger partial charge in [-0.15, -0.1) is 0 Å². The maximum absolute atomic E-state index is 12.2. The average Bonchev–Trinajstić information content (AvgIpc) is 2.46. The van der Waals surface area contributed by atoms with E-state index in [1.807, 2.05) is 6.07 Å². The zero-order valence-corrected chi connectivity index (χ0v) is 13.0. The number of nitrogens with one attached hydrogen (secondary N) is 2. The molecule has 1 fully saturated rings. The van der Waals surface area contributed by atoms with Crippen LogP contribution in [0.3, 0.4) is 0 Å². The fraction of sp³-hybridized carbons (Fsp3) is 0.533. The summed E-state index contributed by atoms with van der Waals surface area (Å²) in [4.78, 5) is 0. The molecular weight excluding hydrogens is 286 g/mol. The Morgan fingerprint density at radius 1 is 1.38 bits per heavy atom. The van der Waals surface area contributed by atoms with Gasteiger partial charge in [0.2, 0.25) is 10.0 Å².